The third kappa shape index (κ3) is 20.4. The summed E-state index contributed by atoms with van der Waals surface area (Å²) in [4.78, 5) is 65.4. The van der Waals surface area contributed by atoms with Crippen LogP contribution in [0.2, 0.25) is 0 Å². The van der Waals surface area contributed by atoms with E-state index in [9.17, 15) is 24.3 Å². The highest BCUT2D eigenvalue weighted by Crippen LogP contribution is 2.19. The Bertz CT molecular complexity index is 2610. The molecule has 0 saturated carbocycles. The molecule has 0 spiro atoms. The van der Waals surface area contributed by atoms with Crippen LogP contribution in [0.3, 0.4) is 0 Å². The van der Waals surface area contributed by atoms with E-state index < -0.39 is 48.0 Å². The Hall–Kier alpha value is -7.34. The lowest BCUT2D eigenvalue weighted by Crippen LogP contribution is -2.58. The number of esters is 3. The zero-order valence-corrected chi connectivity index (χ0v) is 45.7. The Labute approximate surface area is 471 Å². The highest BCUT2D eigenvalue weighted by molar-refractivity contribution is 5.77. The number of ether oxygens (including phenoxy) is 6. The van der Waals surface area contributed by atoms with E-state index in [1.165, 1.54) is 0 Å². The predicted molar refractivity (Wildman–Crippen MR) is 306 cm³/mol. The van der Waals surface area contributed by atoms with Gasteiger partial charge < -0.3 is 33.5 Å². The number of hydrogen-bond acceptors (Lipinski definition) is 14. The number of rotatable bonds is 29. The molecule has 15 heteroatoms. The molecule has 7 rings (SSSR count). The van der Waals surface area contributed by atoms with Crippen molar-refractivity contribution >= 4 is 23.9 Å². The van der Waals surface area contributed by atoms with Crippen molar-refractivity contribution in [2.24, 2.45) is 0 Å². The van der Waals surface area contributed by atoms with Crippen molar-refractivity contribution in [3.05, 3.63) is 228 Å². The zero-order valence-electron chi connectivity index (χ0n) is 45.7. The molecule has 0 aromatic heterocycles. The molecule has 0 unspecified atom stereocenters. The van der Waals surface area contributed by atoms with Gasteiger partial charge in [-0.05, 0) is 46.2 Å². The van der Waals surface area contributed by atoms with Gasteiger partial charge in [-0.2, -0.15) is 0 Å². The van der Waals surface area contributed by atoms with Crippen LogP contribution in [0.5, 0.6) is 0 Å². The Morgan fingerprint density at radius 3 is 0.825 bits per heavy atom. The van der Waals surface area contributed by atoms with E-state index in [2.05, 4.69) is 6.58 Å². The first-order valence-electron chi connectivity index (χ1n) is 27.5. The second-order valence-electron chi connectivity index (χ2n) is 19.7. The fourth-order valence-corrected chi connectivity index (χ4v) is 9.49. The van der Waals surface area contributed by atoms with E-state index in [-0.39, 0.29) is 118 Å². The van der Waals surface area contributed by atoms with Crippen molar-refractivity contribution < 1.29 is 52.7 Å². The van der Waals surface area contributed by atoms with Gasteiger partial charge in [-0.25, -0.2) is 0 Å². The number of benzene rings is 6. The fraction of sp³-hybridized carbons (Fsp3) is 0.354. The van der Waals surface area contributed by atoms with Gasteiger partial charge in [0, 0.05) is 52.4 Å². The Morgan fingerprint density at radius 1 is 0.375 bits per heavy atom. The minimum absolute atomic E-state index is 0.0234. The van der Waals surface area contributed by atoms with Crippen LogP contribution in [-0.2, 0) is 87.2 Å². The van der Waals surface area contributed by atoms with E-state index in [1.807, 2.05) is 202 Å². The van der Waals surface area contributed by atoms with Crippen molar-refractivity contribution in [2.75, 3.05) is 72.2 Å². The molecule has 15 nitrogen and oxygen atoms in total. The number of allylic oxidation sites excluding steroid dienone is 1. The predicted octanol–water partition coefficient (Wildman–Crippen LogP) is 8.61. The molecule has 1 aliphatic rings. The molecule has 0 radical (unpaired) electrons. The largest absolute Gasteiger partial charge is 0.480 e. The summed E-state index contributed by atoms with van der Waals surface area (Å²) in [7, 11) is 0. The first-order chi connectivity index (χ1) is 39.2. The molecule has 422 valence electrons. The van der Waals surface area contributed by atoms with E-state index in [0.717, 1.165) is 33.4 Å². The van der Waals surface area contributed by atoms with E-state index >= 15 is 0 Å². The Morgan fingerprint density at radius 2 is 0.600 bits per heavy atom. The topological polar surface area (TPSA) is 157 Å². The lowest BCUT2D eigenvalue weighted by Gasteiger charge is -2.40. The average molecular weight is 1090 g/mol. The molecule has 1 heterocycles. The van der Waals surface area contributed by atoms with Crippen molar-refractivity contribution in [2.45, 2.75) is 76.7 Å². The SMILES string of the molecule is C=CCC[C@@H](C(=O)O)N1CCN([C@@H](COCc2ccccc2)C(=O)OCc2ccccc2)CCN([C@@H](COCc2ccccc2)C(=O)OCc2ccccc2)CCN([C@@H](COCc2ccccc2)C(=O)OCc2ccccc2)CC1. The number of carboxylic acid groups (broad SMARTS) is 1. The van der Waals surface area contributed by atoms with Gasteiger partial charge in [0.15, 0.2) is 0 Å². The molecule has 1 aliphatic heterocycles. The van der Waals surface area contributed by atoms with Crippen molar-refractivity contribution in [3.8, 4) is 0 Å². The Balaban J connectivity index is 1.27. The minimum atomic E-state index is -1.01. The van der Waals surface area contributed by atoms with Gasteiger partial charge >= 0.3 is 23.9 Å². The molecular weight excluding hydrogens is 1010 g/mol. The quantitative estimate of drug-likeness (QED) is 0.0270. The third-order valence-corrected chi connectivity index (χ3v) is 14.0. The second kappa shape index (κ2) is 33.9. The highest BCUT2D eigenvalue weighted by Gasteiger charge is 2.37. The normalized spacial score (nSPS) is 15.7. The highest BCUT2D eigenvalue weighted by atomic mass is 16.6. The Kier molecular flexibility index (Phi) is 25.6. The number of carbonyl (C=O) groups excluding carboxylic acids is 3. The summed E-state index contributed by atoms with van der Waals surface area (Å²) < 4.78 is 37.5. The van der Waals surface area contributed by atoms with E-state index in [1.54, 1.807) is 6.08 Å². The van der Waals surface area contributed by atoms with Crippen LogP contribution in [0.15, 0.2) is 195 Å². The first-order valence-corrected chi connectivity index (χ1v) is 27.5. The molecule has 80 heavy (non-hydrogen) atoms. The third-order valence-electron chi connectivity index (χ3n) is 14.0. The molecule has 0 aliphatic carbocycles. The van der Waals surface area contributed by atoms with Crippen LogP contribution in [0.1, 0.15) is 46.2 Å². The monoisotopic (exact) mass is 1090 g/mol. The van der Waals surface area contributed by atoms with Crippen LogP contribution < -0.4 is 0 Å². The van der Waals surface area contributed by atoms with Crippen LogP contribution in [0, 0.1) is 0 Å². The summed E-state index contributed by atoms with van der Waals surface area (Å²) in [5.74, 6) is -2.56. The summed E-state index contributed by atoms with van der Waals surface area (Å²) in [6, 6.07) is 53.6. The molecule has 1 fully saturated rings. The number of nitrogens with zero attached hydrogens (tertiary/aromatic N) is 4. The lowest BCUT2D eigenvalue weighted by atomic mass is 10.1. The maximum Gasteiger partial charge on any atom is 0.326 e. The van der Waals surface area contributed by atoms with Crippen molar-refractivity contribution in [3.63, 3.8) is 0 Å². The van der Waals surface area contributed by atoms with Gasteiger partial charge in [0.05, 0.1) is 39.6 Å². The summed E-state index contributed by atoms with van der Waals surface area (Å²) in [5, 5.41) is 10.9. The van der Waals surface area contributed by atoms with E-state index in [0.29, 0.717) is 6.42 Å². The summed E-state index contributed by atoms with van der Waals surface area (Å²) in [5.41, 5.74) is 5.20. The average Bonchev–Trinajstić information content (AvgIpc) is 3.50. The molecule has 0 bridgehead atoms. The van der Waals surface area contributed by atoms with Crippen LogP contribution in [0.25, 0.3) is 0 Å². The fourth-order valence-electron chi connectivity index (χ4n) is 9.49. The molecule has 4 atom stereocenters. The van der Waals surface area contributed by atoms with Crippen LogP contribution in [-0.4, -0.2) is 145 Å². The van der Waals surface area contributed by atoms with Gasteiger partial charge in [-0.3, -0.25) is 38.8 Å². The summed E-state index contributed by atoms with van der Waals surface area (Å²) >= 11 is 0. The van der Waals surface area contributed by atoms with Gasteiger partial charge in [0.25, 0.3) is 0 Å². The number of aliphatic carboxylic acids is 1. The van der Waals surface area contributed by atoms with Crippen LogP contribution >= 0.6 is 0 Å². The molecule has 1 saturated heterocycles. The van der Waals surface area contributed by atoms with Gasteiger partial charge in [-0.15, -0.1) is 6.58 Å². The minimum Gasteiger partial charge on any atom is -0.480 e. The lowest BCUT2D eigenvalue weighted by molar-refractivity contribution is -0.158. The smallest absolute Gasteiger partial charge is 0.326 e. The number of carboxylic acids is 1. The van der Waals surface area contributed by atoms with Gasteiger partial charge in [0.1, 0.15) is 44.0 Å². The molecule has 6 aromatic rings. The second-order valence-corrected chi connectivity index (χ2v) is 19.7. The molecule has 1 N–H and O–H groups in total. The molecule has 6 aromatic carbocycles. The van der Waals surface area contributed by atoms with Crippen molar-refractivity contribution in [1.82, 2.24) is 19.6 Å². The first kappa shape index (κ1) is 60.3. The molecule has 0 amide bonds. The molecular formula is C65H76N4O11. The zero-order chi connectivity index (χ0) is 56.0. The van der Waals surface area contributed by atoms with E-state index in [4.69, 9.17) is 28.4 Å². The number of carbonyl (C=O) groups is 4. The van der Waals surface area contributed by atoms with Gasteiger partial charge in [0.2, 0.25) is 0 Å². The standard InChI is InChI=1S/C65H76N4O11/c1-2-3-34-58(62(70)71)66-35-37-67(59(49-75-43-52-22-10-4-11-23-52)63(72)78-46-55-28-16-7-17-29-55)39-41-69(61(51-77-45-54-26-14-6-15-27-54)65(74)80-48-57-32-20-9-21-33-57)42-40-68(38-36-66)60(50-76-44-53-24-12-5-13-25-53)64(73)79-47-56-30-18-8-19-31-56/h2,4-33,58-61H,1,3,34-51H2,(H,70,71)/t58-,59-,60-,61-/m0/s1. The maximum atomic E-state index is 14.8. The maximum absolute atomic E-state index is 14.8. The van der Waals surface area contributed by atoms with Gasteiger partial charge in [-0.1, -0.05) is 188 Å². The summed E-state index contributed by atoms with van der Waals surface area (Å²) in [6.07, 6.45) is 2.41. The van der Waals surface area contributed by atoms with Crippen molar-refractivity contribution in [1.29, 1.82) is 0 Å². The number of hydrogen-bond donors (Lipinski definition) is 1. The summed E-state index contributed by atoms with van der Waals surface area (Å²) in [6.45, 7) is 6.07. The van der Waals surface area contributed by atoms with Crippen LogP contribution in [0.4, 0.5) is 0 Å².